The van der Waals surface area contributed by atoms with Gasteiger partial charge in [-0.05, 0) is 55.8 Å². The molecule has 0 radical (unpaired) electrons. The van der Waals surface area contributed by atoms with E-state index in [9.17, 15) is 4.79 Å². The smallest absolute Gasteiger partial charge is 0.336 e. The van der Waals surface area contributed by atoms with Gasteiger partial charge in [-0.3, -0.25) is 4.79 Å². The Hall–Kier alpha value is -3.59. The summed E-state index contributed by atoms with van der Waals surface area (Å²) in [5.41, 5.74) is 2.35. The van der Waals surface area contributed by atoms with Crippen LogP contribution < -0.4 is 19.5 Å². The first kappa shape index (κ1) is 27.4. The van der Waals surface area contributed by atoms with E-state index in [-0.39, 0.29) is 18.7 Å². The minimum Gasteiger partial charge on any atom is -0.460 e. The Balaban J connectivity index is 1.41. The van der Waals surface area contributed by atoms with Crippen molar-refractivity contribution >= 4 is 11.6 Å². The molecule has 0 saturated heterocycles. The lowest BCUT2D eigenvalue weighted by atomic mass is 10.1. The zero-order chi connectivity index (χ0) is 26.6. The van der Waals surface area contributed by atoms with Gasteiger partial charge in [0.15, 0.2) is 17.3 Å². The van der Waals surface area contributed by atoms with Crippen LogP contribution in [0.1, 0.15) is 65.2 Å². The third kappa shape index (κ3) is 7.71. The molecular formula is C29H38N4O5. The summed E-state index contributed by atoms with van der Waals surface area (Å²) in [5, 5.41) is 7.58. The standard InChI is InChI=1S/C29H38N4O5/c1-3-5-6-7-8-9-10-11-27(34)30-23-13-15-24(16-14-23)33-28(31-29(32-33)36-19-18-35-4-2)22-12-17-25-26(20-22)38-21-37-25/h12-17,20H,3-11,18-19,21H2,1-2H3,(H,30,34). The number of nitrogens with zero attached hydrogens (tertiary/aromatic N) is 3. The van der Waals surface area contributed by atoms with Gasteiger partial charge in [0, 0.05) is 24.3 Å². The van der Waals surface area contributed by atoms with Crippen molar-refractivity contribution < 1.29 is 23.7 Å². The van der Waals surface area contributed by atoms with Crippen LogP contribution in [0.3, 0.4) is 0 Å². The zero-order valence-corrected chi connectivity index (χ0v) is 22.4. The van der Waals surface area contributed by atoms with E-state index in [0.717, 1.165) is 29.8 Å². The Morgan fingerprint density at radius 1 is 0.947 bits per heavy atom. The highest BCUT2D eigenvalue weighted by Crippen LogP contribution is 2.36. The number of carbonyl (C=O) groups is 1. The summed E-state index contributed by atoms with van der Waals surface area (Å²) in [4.78, 5) is 17.0. The molecule has 1 aliphatic rings. The molecule has 0 atom stereocenters. The largest absolute Gasteiger partial charge is 0.460 e. The van der Waals surface area contributed by atoms with Gasteiger partial charge in [-0.2, -0.15) is 4.98 Å². The van der Waals surface area contributed by atoms with E-state index in [1.54, 1.807) is 4.68 Å². The van der Waals surface area contributed by atoms with Crippen molar-refractivity contribution in [1.29, 1.82) is 0 Å². The van der Waals surface area contributed by atoms with Crippen molar-refractivity contribution in [1.82, 2.24) is 14.8 Å². The first-order valence-corrected chi connectivity index (χ1v) is 13.7. The first-order valence-electron chi connectivity index (χ1n) is 13.7. The summed E-state index contributed by atoms with van der Waals surface area (Å²) >= 11 is 0. The number of benzene rings is 2. The van der Waals surface area contributed by atoms with E-state index >= 15 is 0 Å². The maximum Gasteiger partial charge on any atom is 0.336 e. The normalized spacial score (nSPS) is 12.1. The number of hydrogen-bond acceptors (Lipinski definition) is 7. The zero-order valence-electron chi connectivity index (χ0n) is 22.4. The summed E-state index contributed by atoms with van der Waals surface area (Å²) in [6.45, 7) is 5.78. The predicted octanol–water partition coefficient (Wildman–Crippen LogP) is 6.16. The average Bonchev–Trinajstić information content (AvgIpc) is 3.58. The highest BCUT2D eigenvalue weighted by atomic mass is 16.7. The van der Waals surface area contributed by atoms with Gasteiger partial charge in [-0.25, -0.2) is 4.68 Å². The summed E-state index contributed by atoms with van der Waals surface area (Å²) in [6.07, 6.45) is 8.84. The van der Waals surface area contributed by atoms with Crippen LogP contribution in [0.15, 0.2) is 42.5 Å². The first-order chi connectivity index (χ1) is 18.7. The molecule has 0 aliphatic carbocycles. The lowest BCUT2D eigenvalue weighted by molar-refractivity contribution is -0.116. The van der Waals surface area contributed by atoms with Crippen LogP contribution in [0.5, 0.6) is 17.5 Å². The van der Waals surface area contributed by atoms with E-state index in [0.29, 0.717) is 43.6 Å². The molecule has 3 aromatic rings. The van der Waals surface area contributed by atoms with Crippen molar-refractivity contribution in [3.05, 3.63) is 42.5 Å². The third-order valence-corrected chi connectivity index (χ3v) is 6.28. The molecule has 2 heterocycles. The van der Waals surface area contributed by atoms with Crippen LogP contribution in [0.4, 0.5) is 5.69 Å². The molecule has 9 heteroatoms. The molecule has 1 aromatic heterocycles. The number of aromatic nitrogens is 3. The quantitative estimate of drug-likeness (QED) is 0.225. The Labute approximate surface area is 224 Å². The van der Waals surface area contributed by atoms with Gasteiger partial charge < -0.3 is 24.3 Å². The number of ether oxygens (including phenoxy) is 4. The van der Waals surface area contributed by atoms with Crippen LogP contribution in [0, 0.1) is 0 Å². The molecule has 0 spiro atoms. The summed E-state index contributed by atoms with van der Waals surface area (Å²) in [6, 6.07) is 13.5. The second-order valence-electron chi connectivity index (χ2n) is 9.21. The maximum atomic E-state index is 12.4. The van der Waals surface area contributed by atoms with Crippen LogP contribution in [-0.4, -0.2) is 47.3 Å². The molecule has 1 amide bonds. The van der Waals surface area contributed by atoms with E-state index in [1.165, 1.54) is 32.1 Å². The minimum atomic E-state index is 0.0399. The fraction of sp³-hybridized carbons (Fsp3) is 0.483. The van der Waals surface area contributed by atoms with Crippen molar-refractivity contribution in [2.45, 2.75) is 65.2 Å². The van der Waals surface area contributed by atoms with Crippen molar-refractivity contribution in [2.75, 3.05) is 31.9 Å². The van der Waals surface area contributed by atoms with Crippen LogP contribution in [-0.2, 0) is 9.53 Å². The van der Waals surface area contributed by atoms with Crippen molar-refractivity contribution in [3.63, 3.8) is 0 Å². The number of hydrogen-bond donors (Lipinski definition) is 1. The Kier molecular flexibility index (Phi) is 10.4. The molecule has 1 aliphatic heterocycles. The molecule has 0 unspecified atom stereocenters. The topological polar surface area (TPSA) is 96.7 Å². The third-order valence-electron chi connectivity index (χ3n) is 6.28. The van der Waals surface area contributed by atoms with E-state index in [4.69, 9.17) is 18.9 Å². The van der Waals surface area contributed by atoms with Gasteiger partial charge >= 0.3 is 6.01 Å². The number of carbonyl (C=O) groups excluding carboxylic acids is 1. The second-order valence-corrected chi connectivity index (χ2v) is 9.21. The SMILES string of the molecule is CCCCCCCCCC(=O)Nc1ccc(-n2nc(OCCOCC)nc2-c2ccc3c(c2)OCO3)cc1. The fourth-order valence-electron chi connectivity index (χ4n) is 4.25. The molecule has 4 rings (SSSR count). The number of unbranched alkanes of at least 4 members (excludes halogenated alkanes) is 6. The average molecular weight is 523 g/mol. The van der Waals surface area contributed by atoms with E-state index in [2.05, 4.69) is 22.3 Å². The van der Waals surface area contributed by atoms with Crippen molar-refractivity contribution in [3.8, 4) is 34.6 Å². The molecule has 0 saturated carbocycles. The highest BCUT2D eigenvalue weighted by Gasteiger charge is 2.19. The predicted molar refractivity (Wildman–Crippen MR) is 146 cm³/mol. The molecule has 2 aromatic carbocycles. The van der Waals surface area contributed by atoms with Crippen LogP contribution >= 0.6 is 0 Å². The minimum absolute atomic E-state index is 0.0399. The Morgan fingerprint density at radius 3 is 2.50 bits per heavy atom. The van der Waals surface area contributed by atoms with Gasteiger partial charge in [-0.1, -0.05) is 45.4 Å². The van der Waals surface area contributed by atoms with Gasteiger partial charge in [0.1, 0.15) is 6.61 Å². The molecule has 0 fully saturated rings. The maximum absolute atomic E-state index is 12.4. The molecule has 204 valence electrons. The molecule has 9 nitrogen and oxygen atoms in total. The summed E-state index contributed by atoms with van der Waals surface area (Å²) in [5.74, 6) is 2.00. The highest BCUT2D eigenvalue weighted by molar-refractivity contribution is 5.90. The van der Waals surface area contributed by atoms with Crippen molar-refractivity contribution in [2.24, 2.45) is 0 Å². The molecule has 1 N–H and O–H groups in total. The number of anilines is 1. The second kappa shape index (κ2) is 14.4. The number of rotatable bonds is 16. The van der Waals surface area contributed by atoms with Crippen LogP contribution in [0.25, 0.3) is 17.1 Å². The van der Waals surface area contributed by atoms with Gasteiger partial charge in [0.05, 0.1) is 12.3 Å². The van der Waals surface area contributed by atoms with Crippen LogP contribution in [0.2, 0.25) is 0 Å². The van der Waals surface area contributed by atoms with Gasteiger partial charge in [-0.15, -0.1) is 5.10 Å². The Bertz CT molecular complexity index is 1160. The van der Waals surface area contributed by atoms with Gasteiger partial charge in [0.25, 0.3) is 0 Å². The number of nitrogens with one attached hydrogen (secondary N) is 1. The van der Waals surface area contributed by atoms with Gasteiger partial charge in [0.2, 0.25) is 12.7 Å². The monoisotopic (exact) mass is 522 g/mol. The fourth-order valence-corrected chi connectivity index (χ4v) is 4.25. The lowest BCUT2D eigenvalue weighted by Gasteiger charge is -2.09. The van der Waals surface area contributed by atoms with E-state index in [1.807, 2.05) is 49.4 Å². The summed E-state index contributed by atoms with van der Waals surface area (Å²) < 4.78 is 23.8. The molecule has 38 heavy (non-hydrogen) atoms. The lowest BCUT2D eigenvalue weighted by Crippen LogP contribution is -2.11. The molecule has 0 bridgehead atoms. The summed E-state index contributed by atoms with van der Waals surface area (Å²) in [7, 11) is 0. The number of amides is 1. The van der Waals surface area contributed by atoms with E-state index < -0.39 is 0 Å². The molecular weight excluding hydrogens is 484 g/mol. The Morgan fingerprint density at radius 2 is 1.71 bits per heavy atom. The number of fused-ring (bicyclic) bond motifs is 1.